The van der Waals surface area contributed by atoms with E-state index in [4.69, 9.17) is 0 Å². The van der Waals surface area contributed by atoms with Crippen LogP contribution in [0, 0.1) is 0 Å². The molecule has 0 N–H and O–H groups in total. The molecule has 0 amide bonds. The average molecular weight is 662 g/mol. The number of aromatic nitrogens is 1. The first kappa shape index (κ1) is 29.0. The summed E-state index contributed by atoms with van der Waals surface area (Å²) in [4.78, 5) is 4.93. The number of rotatable bonds is 4. The molecule has 0 bridgehead atoms. The monoisotopic (exact) mass is 661 g/mol. The lowest BCUT2D eigenvalue weighted by molar-refractivity contribution is 1.18. The van der Waals surface area contributed by atoms with Crippen molar-refractivity contribution in [3.63, 3.8) is 0 Å². The molecule has 2 aliphatic heterocycles. The fourth-order valence-electron chi connectivity index (χ4n) is 8.89. The Kier molecular flexibility index (Phi) is 6.35. The van der Waals surface area contributed by atoms with E-state index in [1.807, 2.05) is 0 Å². The lowest BCUT2D eigenvalue weighted by Gasteiger charge is -2.44. The predicted octanol–water partition coefficient (Wildman–Crippen LogP) is 10.5. The minimum atomic E-state index is 0.0369. The van der Waals surface area contributed by atoms with Gasteiger partial charge in [0.1, 0.15) is 0 Å². The maximum absolute atomic E-state index is 2.48. The largest absolute Gasteiger partial charge is 0.311 e. The highest BCUT2D eigenvalue weighted by Crippen LogP contribution is 2.45. The number of anilines is 6. The van der Waals surface area contributed by atoms with Crippen LogP contribution in [-0.4, -0.2) is 11.3 Å². The van der Waals surface area contributed by atoms with Gasteiger partial charge in [0.2, 0.25) is 0 Å². The highest BCUT2D eigenvalue weighted by molar-refractivity contribution is 7.01. The summed E-state index contributed by atoms with van der Waals surface area (Å²) in [6.45, 7) is 0.0369. The lowest BCUT2D eigenvalue weighted by atomic mass is 9.32. The van der Waals surface area contributed by atoms with Crippen molar-refractivity contribution in [2.75, 3.05) is 9.80 Å². The third kappa shape index (κ3) is 4.15. The molecule has 11 rings (SSSR count). The molecule has 242 valence electrons. The molecule has 0 atom stereocenters. The Labute approximate surface area is 303 Å². The summed E-state index contributed by atoms with van der Waals surface area (Å²) < 4.78 is 2.39. The first-order valence-corrected chi connectivity index (χ1v) is 18.0. The van der Waals surface area contributed by atoms with Crippen LogP contribution in [0.5, 0.6) is 0 Å². The Morgan fingerprint density at radius 3 is 1.58 bits per heavy atom. The zero-order valence-corrected chi connectivity index (χ0v) is 28.4. The molecule has 0 saturated carbocycles. The third-order valence-corrected chi connectivity index (χ3v) is 11.0. The summed E-state index contributed by atoms with van der Waals surface area (Å²) in [5, 5.41) is 2.51. The van der Waals surface area contributed by atoms with Crippen molar-refractivity contribution in [3.8, 4) is 16.8 Å². The number of nitrogens with zero attached hydrogens (tertiary/aromatic N) is 3. The molecule has 0 saturated heterocycles. The van der Waals surface area contributed by atoms with Gasteiger partial charge in [-0.05, 0) is 106 Å². The standard InChI is InChI=1S/C48H32BN3/c1-4-16-34(17-5-1)50-41-25-12-10-22-38(41)39-32-33(30-31-42(39)50)37-23-14-27-44-47(37)49-40-24-11-13-26-43(40)51(35-18-6-2-7-19-35)45-28-15-29-46(48(45)49)52(44)36-20-8-3-9-21-36/h1-32H. The predicted molar refractivity (Wildman–Crippen MR) is 220 cm³/mol. The van der Waals surface area contributed by atoms with Gasteiger partial charge in [-0.3, -0.25) is 0 Å². The topological polar surface area (TPSA) is 11.4 Å². The van der Waals surface area contributed by atoms with Crippen LogP contribution in [0.2, 0.25) is 0 Å². The van der Waals surface area contributed by atoms with E-state index in [-0.39, 0.29) is 6.71 Å². The Morgan fingerprint density at radius 1 is 0.346 bits per heavy atom. The smallest absolute Gasteiger partial charge is 0.252 e. The molecule has 3 heterocycles. The minimum absolute atomic E-state index is 0.0369. The van der Waals surface area contributed by atoms with E-state index >= 15 is 0 Å². The quantitative estimate of drug-likeness (QED) is 0.174. The van der Waals surface area contributed by atoms with Crippen molar-refractivity contribution in [2.45, 2.75) is 0 Å². The van der Waals surface area contributed by atoms with Gasteiger partial charge >= 0.3 is 0 Å². The summed E-state index contributed by atoms with van der Waals surface area (Å²) >= 11 is 0. The van der Waals surface area contributed by atoms with Crippen LogP contribution in [0.3, 0.4) is 0 Å². The number of para-hydroxylation sites is 5. The molecular formula is C48H32BN3. The van der Waals surface area contributed by atoms with Gasteiger partial charge in [0, 0.05) is 50.6 Å². The van der Waals surface area contributed by atoms with E-state index in [2.05, 4.69) is 208 Å². The molecule has 9 aromatic rings. The van der Waals surface area contributed by atoms with Crippen LogP contribution in [0.25, 0.3) is 38.6 Å². The van der Waals surface area contributed by atoms with Crippen LogP contribution in [-0.2, 0) is 0 Å². The van der Waals surface area contributed by atoms with Gasteiger partial charge < -0.3 is 14.4 Å². The lowest BCUT2D eigenvalue weighted by Crippen LogP contribution is -2.61. The normalized spacial score (nSPS) is 12.9. The molecule has 0 radical (unpaired) electrons. The summed E-state index contributed by atoms with van der Waals surface area (Å²) in [5.41, 5.74) is 17.2. The Balaban J connectivity index is 1.21. The maximum atomic E-state index is 2.48. The van der Waals surface area contributed by atoms with Crippen LogP contribution in [0.15, 0.2) is 194 Å². The average Bonchev–Trinajstić information content (AvgIpc) is 3.55. The molecule has 0 unspecified atom stereocenters. The molecule has 3 nitrogen and oxygen atoms in total. The molecule has 52 heavy (non-hydrogen) atoms. The van der Waals surface area contributed by atoms with Crippen molar-refractivity contribution < 1.29 is 0 Å². The number of hydrogen-bond acceptors (Lipinski definition) is 2. The highest BCUT2D eigenvalue weighted by Gasteiger charge is 2.44. The van der Waals surface area contributed by atoms with E-state index in [1.54, 1.807) is 0 Å². The van der Waals surface area contributed by atoms with E-state index in [0.717, 1.165) is 11.4 Å². The SMILES string of the molecule is c1ccc(N2c3ccccc3B3c4c(-c5ccc6c(c5)c5ccccc5n6-c5ccccc5)cccc4N(c4ccccc4)c4cccc2c43)cc1. The van der Waals surface area contributed by atoms with E-state index in [9.17, 15) is 0 Å². The molecule has 0 fully saturated rings. The second-order valence-electron chi connectivity index (χ2n) is 13.7. The molecule has 8 aromatic carbocycles. The zero-order chi connectivity index (χ0) is 34.2. The maximum Gasteiger partial charge on any atom is 0.252 e. The van der Waals surface area contributed by atoms with Gasteiger partial charge in [-0.25, -0.2) is 0 Å². The Bertz CT molecular complexity index is 2790. The van der Waals surface area contributed by atoms with Gasteiger partial charge in [0.25, 0.3) is 6.71 Å². The molecular weight excluding hydrogens is 629 g/mol. The van der Waals surface area contributed by atoms with Crippen molar-refractivity contribution >= 4 is 79.0 Å². The van der Waals surface area contributed by atoms with Crippen LogP contribution >= 0.6 is 0 Å². The second kappa shape index (κ2) is 11.4. The highest BCUT2D eigenvalue weighted by atomic mass is 15.2. The van der Waals surface area contributed by atoms with Crippen molar-refractivity contribution in [3.05, 3.63) is 194 Å². The molecule has 0 spiro atoms. The molecule has 4 heteroatoms. The van der Waals surface area contributed by atoms with Crippen LogP contribution in [0.4, 0.5) is 34.1 Å². The fourth-order valence-corrected chi connectivity index (χ4v) is 8.89. The molecule has 2 aliphatic rings. The van der Waals surface area contributed by atoms with Gasteiger partial charge in [-0.1, -0.05) is 115 Å². The summed E-state index contributed by atoms with van der Waals surface area (Å²) in [6.07, 6.45) is 0. The first-order chi connectivity index (χ1) is 25.8. The number of benzene rings is 8. The van der Waals surface area contributed by atoms with Crippen molar-refractivity contribution in [2.24, 2.45) is 0 Å². The van der Waals surface area contributed by atoms with E-state index in [1.165, 1.54) is 77.8 Å². The van der Waals surface area contributed by atoms with Crippen LogP contribution in [0.1, 0.15) is 0 Å². The van der Waals surface area contributed by atoms with Gasteiger partial charge in [0.15, 0.2) is 0 Å². The van der Waals surface area contributed by atoms with Crippen molar-refractivity contribution in [1.29, 1.82) is 0 Å². The molecule has 0 aliphatic carbocycles. The first-order valence-electron chi connectivity index (χ1n) is 18.0. The Morgan fingerprint density at radius 2 is 0.865 bits per heavy atom. The Hall–Kier alpha value is -6.78. The number of hydrogen-bond donors (Lipinski definition) is 0. The fraction of sp³-hybridized carbons (Fsp3) is 0. The van der Waals surface area contributed by atoms with Gasteiger partial charge in [-0.15, -0.1) is 0 Å². The van der Waals surface area contributed by atoms with E-state index < -0.39 is 0 Å². The summed E-state index contributed by atoms with van der Waals surface area (Å²) in [5.74, 6) is 0. The third-order valence-electron chi connectivity index (χ3n) is 11.0. The molecule has 1 aromatic heterocycles. The van der Waals surface area contributed by atoms with Gasteiger partial charge in [0.05, 0.1) is 11.0 Å². The zero-order valence-electron chi connectivity index (χ0n) is 28.4. The van der Waals surface area contributed by atoms with Crippen molar-refractivity contribution in [1.82, 2.24) is 4.57 Å². The summed E-state index contributed by atoms with van der Waals surface area (Å²) in [7, 11) is 0. The van der Waals surface area contributed by atoms with E-state index in [0.29, 0.717) is 0 Å². The summed E-state index contributed by atoms with van der Waals surface area (Å²) in [6, 6.07) is 70.9. The van der Waals surface area contributed by atoms with Gasteiger partial charge in [-0.2, -0.15) is 0 Å². The van der Waals surface area contributed by atoms with Crippen LogP contribution < -0.4 is 26.2 Å². The second-order valence-corrected chi connectivity index (χ2v) is 13.7. The minimum Gasteiger partial charge on any atom is -0.311 e. The number of fused-ring (bicyclic) bond motifs is 7.